The summed E-state index contributed by atoms with van der Waals surface area (Å²) >= 11 is 0. The van der Waals surface area contributed by atoms with E-state index in [0.717, 1.165) is 17.1 Å². The predicted octanol–water partition coefficient (Wildman–Crippen LogP) is 0.799. The van der Waals surface area contributed by atoms with Gasteiger partial charge in [-0.3, -0.25) is 14.5 Å². The molecule has 1 heterocycles. The highest BCUT2D eigenvalue weighted by Crippen LogP contribution is 2.18. The van der Waals surface area contributed by atoms with Gasteiger partial charge in [0.2, 0.25) is 0 Å². The summed E-state index contributed by atoms with van der Waals surface area (Å²) in [6, 6.07) is 5.51. The molecule has 1 atom stereocenters. The van der Waals surface area contributed by atoms with Gasteiger partial charge >= 0.3 is 5.97 Å². The Labute approximate surface area is 311 Å². The SMILES string of the molecule is COCCOCCOCCOCCOCCOCCOCCOCCOCCOCCOCCOc1ccc(C[C@@H](C(=O)O)N2C(=O)C=CC2=O)cc1. The number of carboxylic acids is 1. The van der Waals surface area contributed by atoms with Gasteiger partial charge in [0.25, 0.3) is 11.8 Å². The summed E-state index contributed by atoms with van der Waals surface area (Å²) in [6.07, 6.45) is 2.13. The molecule has 0 fully saturated rings. The molecule has 1 aliphatic heterocycles. The fourth-order valence-corrected chi connectivity index (χ4v) is 4.40. The molecule has 2 rings (SSSR count). The Kier molecular flexibility index (Phi) is 28.1. The molecule has 17 heteroatoms. The number of methoxy groups -OCH3 is 1. The average Bonchev–Trinajstić information content (AvgIpc) is 3.49. The maximum Gasteiger partial charge on any atom is 0.327 e. The molecule has 17 nitrogen and oxygen atoms in total. The summed E-state index contributed by atoms with van der Waals surface area (Å²) in [4.78, 5) is 36.2. The standard InChI is InChI=1S/C36H57NO16/c1-42-8-9-43-10-11-44-12-13-45-14-15-46-16-17-47-18-19-48-20-21-49-22-23-50-24-25-51-26-27-52-28-29-53-32-4-2-31(3-5-32)30-33(36(40)41)37-34(38)6-7-35(37)39/h2-7,33H,8-30H2,1H3,(H,40,41)/t33-/m0/s1. The molecule has 0 aliphatic carbocycles. The van der Waals surface area contributed by atoms with Crippen LogP contribution in [0.4, 0.5) is 0 Å². The van der Waals surface area contributed by atoms with Crippen molar-refractivity contribution in [3.05, 3.63) is 42.0 Å². The van der Waals surface area contributed by atoms with Crippen LogP contribution in [0.1, 0.15) is 5.56 Å². The highest BCUT2D eigenvalue weighted by molar-refractivity contribution is 6.14. The van der Waals surface area contributed by atoms with E-state index in [2.05, 4.69) is 0 Å². The van der Waals surface area contributed by atoms with Crippen LogP contribution >= 0.6 is 0 Å². The molecular formula is C36H57NO16. The number of rotatable bonds is 38. The fraction of sp³-hybridized carbons (Fsp3) is 0.694. The minimum absolute atomic E-state index is 0.00736. The average molecular weight is 760 g/mol. The Morgan fingerprint density at radius 1 is 0.509 bits per heavy atom. The zero-order valence-corrected chi connectivity index (χ0v) is 30.8. The molecule has 53 heavy (non-hydrogen) atoms. The van der Waals surface area contributed by atoms with Gasteiger partial charge in [-0.05, 0) is 17.7 Å². The van der Waals surface area contributed by atoms with Gasteiger partial charge in [-0.15, -0.1) is 0 Å². The van der Waals surface area contributed by atoms with E-state index in [0.29, 0.717) is 157 Å². The summed E-state index contributed by atoms with van der Waals surface area (Å²) in [5, 5.41) is 9.51. The summed E-state index contributed by atoms with van der Waals surface area (Å²) in [5.74, 6) is -1.93. The van der Waals surface area contributed by atoms with Crippen LogP contribution in [-0.4, -0.2) is 186 Å². The molecule has 0 aromatic heterocycles. The lowest BCUT2D eigenvalue weighted by molar-refractivity contribution is -0.153. The second kappa shape index (κ2) is 32.4. The van der Waals surface area contributed by atoms with E-state index in [1.165, 1.54) is 0 Å². The lowest BCUT2D eigenvalue weighted by Crippen LogP contribution is -2.46. The lowest BCUT2D eigenvalue weighted by atomic mass is 10.0. The van der Waals surface area contributed by atoms with E-state index in [1.54, 1.807) is 31.4 Å². The second-order valence-electron chi connectivity index (χ2n) is 11.0. The molecule has 1 aromatic carbocycles. The number of benzene rings is 1. The number of ether oxygens (including phenoxy) is 12. The third-order valence-corrected chi connectivity index (χ3v) is 7.07. The van der Waals surface area contributed by atoms with Crippen molar-refractivity contribution >= 4 is 17.8 Å². The zero-order chi connectivity index (χ0) is 38.0. The van der Waals surface area contributed by atoms with E-state index in [1.807, 2.05) is 0 Å². The number of hydrogen-bond donors (Lipinski definition) is 1. The van der Waals surface area contributed by atoms with Gasteiger partial charge in [-0.25, -0.2) is 4.79 Å². The number of imide groups is 1. The Morgan fingerprint density at radius 2 is 0.811 bits per heavy atom. The monoisotopic (exact) mass is 759 g/mol. The Bertz CT molecular complexity index is 1090. The van der Waals surface area contributed by atoms with Gasteiger partial charge in [0.05, 0.1) is 139 Å². The topological polar surface area (TPSA) is 185 Å². The maximum absolute atomic E-state index is 11.9. The highest BCUT2D eigenvalue weighted by Gasteiger charge is 2.35. The summed E-state index contributed by atoms with van der Waals surface area (Å²) < 4.78 is 65.0. The lowest BCUT2D eigenvalue weighted by Gasteiger charge is -2.22. The molecule has 1 aromatic rings. The van der Waals surface area contributed by atoms with Gasteiger partial charge in [0.1, 0.15) is 18.4 Å². The smallest absolute Gasteiger partial charge is 0.327 e. The maximum atomic E-state index is 11.9. The van der Waals surface area contributed by atoms with E-state index in [4.69, 9.17) is 56.8 Å². The molecule has 1 N–H and O–H groups in total. The minimum atomic E-state index is -1.28. The van der Waals surface area contributed by atoms with E-state index < -0.39 is 23.8 Å². The normalized spacial score (nSPS) is 13.3. The van der Waals surface area contributed by atoms with Gasteiger partial charge in [-0.1, -0.05) is 12.1 Å². The first kappa shape index (κ1) is 46.1. The molecule has 0 spiro atoms. The number of aliphatic carboxylic acids is 1. The number of hydrogen-bond acceptors (Lipinski definition) is 15. The van der Waals surface area contributed by atoms with Crippen LogP contribution in [0.15, 0.2) is 36.4 Å². The Balaban J connectivity index is 1.25. The van der Waals surface area contributed by atoms with Crippen molar-refractivity contribution in [1.82, 2.24) is 4.90 Å². The first-order chi connectivity index (χ1) is 26.0. The fourth-order valence-electron chi connectivity index (χ4n) is 4.40. The van der Waals surface area contributed by atoms with Crippen LogP contribution in [0.5, 0.6) is 5.75 Å². The number of amides is 2. The summed E-state index contributed by atoms with van der Waals surface area (Å²) in [5.41, 5.74) is 0.651. The van der Waals surface area contributed by atoms with Crippen LogP contribution in [0.25, 0.3) is 0 Å². The van der Waals surface area contributed by atoms with Gasteiger partial charge in [-0.2, -0.15) is 0 Å². The van der Waals surface area contributed by atoms with Crippen LogP contribution in [0.3, 0.4) is 0 Å². The highest BCUT2D eigenvalue weighted by atomic mass is 16.6. The van der Waals surface area contributed by atoms with Crippen molar-refractivity contribution in [2.45, 2.75) is 12.5 Å². The van der Waals surface area contributed by atoms with Gasteiger partial charge in [0, 0.05) is 25.7 Å². The van der Waals surface area contributed by atoms with Crippen molar-refractivity contribution < 1.29 is 76.3 Å². The molecule has 0 unspecified atom stereocenters. The first-order valence-corrected chi connectivity index (χ1v) is 17.8. The summed E-state index contributed by atoms with van der Waals surface area (Å²) in [7, 11) is 1.64. The van der Waals surface area contributed by atoms with Crippen LogP contribution < -0.4 is 4.74 Å². The number of carbonyl (C=O) groups excluding carboxylic acids is 2. The van der Waals surface area contributed by atoms with E-state index >= 15 is 0 Å². The molecule has 0 bridgehead atoms. The van der Waals surface area contributed by atoms with Gasteiger partial charge < -0.3 is 61.9 Å². The summed E-state index contributed by atoms with van der Waals surface area (Å²) in [6.45, 7) is 10.5. The zero-order valence-electron chi connectivity index (χ0n) is 30.8. The second-order valence-corrected chi connectivity index (χ2v) is 11.0. The van der Waals surface area contributed by atoms with Crippen molar-refractivity contribution in [2.75, 3.05) is 152 Å². The molecule has 0 saturated heterocycles. The molecular weight excluding hydrogens is 702 g/mol. The van der Waals surface area contributed by atoms with Crippen LogP contribution in [0, 0.1) is 0 Å². The van der Waals surface area contributed by atoms with Crippen molar-refractivity contribution in [3.8, 4) is 5.75 Å². The minimum Gasteiger partial charge on any atom is -0.491 e. The third kappa shape index (κ3) is 24.1. The molecule has 0 radical (unpaired) electrons. The number of carboxylic acid groups (broad SMARTS) is 1. The molecule has 0 saturated carbocycles. The third-order valence-electron chi connectivity index (χ3n) is 7.07. The Hall–Kier alpha value is -3.07. The number of nitrogens with zero attached hydrogens (tertiary/aromatic N) is 1. The first-order valence-electron chi connectivity index (χ1n) is 17.8. The van der Waals surface area contributed by atoms with Crippen molar-refractivity contribution in [3.63, 3.8) is 0 Å². The van der Waals surface area contributed by atoms with E-state index in [-0.39, 0.29) is 6.42 Å². The number of carbonyl (C=O) groups is 3. The largest absolute Gasteiger partial charge is 0.491 e. The van der Waals surface area contributed by atoms with Crippen molar-refractivity contribution in [1.29, 1.82) is 0 Å². The Morgan fingerprint density at radius 3 is 1.11 bits per heavy atom. The van der Waals surface area contributed by atoms with E-state index in [9.17, 15) is 19.5 Å². The molecule has 1 aliphatic rings. The van der Waals surface area contributed by atoms with Crippen LogP contribution in [0.2, 0.25) is 0 Å². The quantitative estimate of drug-likeness (QED) is 0.0737. The van der Waals surface area contributed by atoms with Gasteiger partial charge in [0.15, 0.2) is 0 Å². The van der Waals surface area contributed by atoms with Crippen molar-refractivity contribution in [2.24, 2.45) is 0 Å². The predicted molar refractivity (Wildman–Crippen MR) is 188 cm³/mol. The van der Waals surface area contributed by atoms with Crippen LogP contribution in [-0.2, 0) is 72.9 Å². The molecule has 2 amide bonds. The molecule has 302 valence electrons.